The monoisotopic (exact) mass is 230 g/mol. The molecule has 1 aromatic carbocycles. The molecule has 0 aliphatic carbocycles. The van der Waals surface area contributed by atoms with E-state index in [1.807, 2.05) is 0 Å². The summed E-state index contributed by atoms with van der Waals surface area (Å²) in [5, 5.41) is 10.1. The molecule has 0 atom stereocenters. The van der Waals surface area contributed by atoms with E-state index in [4.69, 9.17) is 9.47 Å². The van der Waals surface area contributed by atoms with Gasteiger partial charge in [-0.2, -0.15) is 0 Å². The van der Waals surface area contributed by atoms with E-state index in [0.717, 1.165) is 6.08 Å². The summed E-state index contributed by atoms with van der Waals surface area (Å²) in [5.74, 6) is 0.647. The first-order valence-corrected chi connectivity index (χ1v) is 4.27. The van der Waals surface area contributed by atoms with Gasteiger partial charge in [-0.05, 0) is 24.3 Å². The number of hydrogen-bond acceptors (Lipinski definition) is 4. The zero-order valence-electron chi connectivity index (χ0n) is 9.52. The van der Waals surface area contributed by atoms with E-state index in [1.54, 1.807) is 12.1 Å². The largest absolute Gasteiger partial charge is 1.00 e. The van der Waals surface area contributed by atoms with Gasteiger partial charge in [-0.15, -0.1) is 6.26 Å². The Bertz CT molecular complexity index is 388. The fourth-order valence-electron chi connectivity index (χ4n) is 1.15. The molecule has 0 amide bonds. The maximum atomic E-state index is 11.3. The van der Waals surface area contributed by atoms with Crippen LogP contribution in [0.15, 0.2) is 30.5 Å². The summed E-state index contributed by atoms with van der Waals surface area (Å²) in [6, 6.07) is 4.72. The Kier molecular flexibility index (Phi) is 6.88. The Labute approximate surface area is 116 Å². The van der Waals surface area contributed by atoms with E-state index in [9.17, 15) is 9.90 Å². The zero-order chi connectivity index (χ0) is 11.3. The third-order valence-electron chi connectivity index (χ3n) is 1.89. The third-order valence-corrected chi connectivity index (χ3v) is 1.89. The zero-order valence-corrected chi connectivity index (χ0v) is 11.5. The number of methoxy groups -OCH3 is 2. The molecule has 1 rings (SSSR count). The van der Waals surface area contributed by atoms with Gasteiger partial charge in [0, 0.05) is 5.56 Å². The van der Waals surface area contributed by atoms with Gasteiger partial charge in [-0.25, -0.2) is 0 Å². The molecule has 4 nitrogen and oxygen atoms in total. The Balaban J connectivity index is 0.00000225. The molecule has 0 heterocycles. The van der Waals surface area contributed by atoms with E-state index in [-0.39, 0.29) is 35.3 Å². The molecule has 80 valence electrons. The molecular weight excluding hydrogens is 219 g/mol. The number of carbonyl (C=O) groups is 1. The molecule has 0 saturated carbocycles. The first-order valence-electron chi connectivity index (χ1n) is 4.27. The summed E-state index contributed by atoms with van der Waals surface area (Å²) < 4.78 is 10.0. The first kappa shape index (κ1) is 15.0. The molecule has 1 aromatic rings. The van der Waals surface area contributed by atoms with E-state index < -0.39 is 0 Å². The van der Waals surface area contributed by atoms with Crippen molar-refractivity contribution < 1.29 is 48.9 Å². The fraction of sp³-hybridized carbons (Fsp3) is 0.182. The van der Waals surface area contributed by atoms with Crippen molar-refractivity contribution >= 4 is 5.78 Å². The molecule has 0 bridgehead atoms. The fourth-order valence-corrected chi connectivity index (χ4v) is 1.15. The van der Waals surface area contributed by atoms with Gasteiger partial charge in [0.1, 0.15) is 0 Å². The Morgan fingerprint density at radius 3 is 2.38 bits per heavy atom. The summed E-state index contributed by atoms with van der Waals surface area (Å²) in [6.07, 6.45) is 1.42. The number of ether oxygens (including phenoxy) is 2. The van der Waals surface area contributed by atoms with Crippen LogP contribution in [0.1, 0.15) is 10.4 Å². The van der Waals surface area contributed by atoms with Gasteiger partial charge in [0.25, 0.3) is 0 Å². The van der Waals surface area contributed by atoms with Crippen LogP contribution >= 0.6 is 0 Å². The molecule has 5 heteroatoms. The van der Waals surface area contributed by atoms with Gasteiger partial charge in [-0.1, -0.05) is 0 Å². The summed E-state index contributed by atoms with van der Waals surface area (Å²) in [4.78, 5) is 11.3. The SMILES string of the molecule is COc1ccc(C(=O)C=C[O-])cc1OC.[Na+]. The molecule has 0 unspecified atom stereocenters. The minimum Gasteiger partial charge on any atom is -0.878 e. The van der Waals surface area contributed by atoms with Crippen molar-refractivity contribution in [3.05, 3.63) is 36.1 Å². The van der Waals surface area contributed by atoms with Crippen LogP contribution in [-0.2, 0) is 0 Å². The van der Waals surface area contributed by atoms with Gasteiger partial charge >= 0.3 is 29.6 Å². The number of ketones is 1. The number of rotatable bonds is 4. The van der Waals surface area contributed by atoms with E-state index in [2.05, 4.69) is 0 Å². The molecule has 0 aliphatic heterocycles. The van der Waals surface area contributed by atoms with Crippen LogP contribution in [0.2, 0.25) is 0 Å². The quantitative estimate of drug-likeness (QED) is 0.254. The second kappa shape index (κ2) is 7.33. The van der Waals surface area contributed by atoms with Gasteiger partial charge in [-0.3, -0.25) is 4.79 Å². The predicted octanol–water partition coefficient (Wildman–Crippen LogP) is -2.24. The Morgan fingerprint density at radius 1 is 1.25 bits per heavy atom. The number of benzene rings is 1. The number of carbonyl (C=O) groups excluding carboxylic acids is 1. The maximum Gasteiger partial charge on any atom is 1.00 e. The molecule has 0 aromatic heterocycles. The average Bonchev–Trinajstić information content (AvgIpc) is 2.28. The summed E-state index contributed by atoms with van der Waals surface area (Å²) in [5.41, 5.74) is 0.389. The molecule has 16 heavy (non-hydrogen) atoms. The first-order chi connectivity index (χ1) is 7.22. The van der Waals surface area contributed by atoms with Crippen LogP contribution in [-0.4, -0.2) is 20.0 Å². The van der Waals surface area contributed by atoms with Crippen molar-refractivity contribution in [3.8, 4) is 11.5 Å². The third kappa shape index (κ3) is 3.56. The van der Waals surface area contributed by atoms with E-state index >= 15 is 0 Å². The Hall–Kier alpha value is -0.970. The second-order valence-corrected chi connectivity index (χ2v) is 2.74. The molecule has 0 spiro atoms. The number of allylic oxidation sites excluding steroid dienone is 1. The summed E-state index contributed by atoms with van der Waals surface area (Å²) >= 11 is 0. The topological polar surface area (TPSA) is 58.6 Å². The van der Waals surface area contributed by atoms with E-state index in [1.165, 1.54) is 20.3 Å². The van der Waals surface area contributed by atoms with Crippen LogP contribution in [0.5, 0.6) is 11.5 Å². The second-order valence-electron chi connectivity index (χ2n) is 2.74. The minimum absolute atomic E-state index is 0. The molecule has 0 N–H and O–H groups in total. The minimum atomic E-state index is -0.356. The van der Waals surface area contributed by atoms with Gasteiger partial charge < -0.3 is 14.6 Å². The maximum absolute atomic E-state index is 11.3. The van der Waals surface area contributed by atoms with Crippen molar-refractivity contribution in [1.29, 1.82) is 0 Å². The van der Waals surface area contributed by atoms with Crippen molar-refractivity contribution in [3.63, 3.8) is 0 Å². The number of hydrogen-bond donors (Lipinski definition) is 0. The standard InChI is InChI=1S/C11H12O4.Na/c1-14-10-4-3-8(7-11(10)15-2)9(13)5-6-12;/h3-7,12H,1-2H3;/q;+1/p-1. The van der Waals surface area contributed by atoms with Crippen LogP contribution in [0.3, 0.4) is 0 Å². The van der Waals surface area contributed by atoms with Crippen LogP contribution in [0.4, 0.5) is 0 Å². The van der Waals surface area contributed by atoms with Crippen molar-refractivity contribution in [1.82, 2.24) is 0 Å². The normalized spacial score (nSPS) is 9.62. The molecule has 0 fully saturated rings. The smallest absolute Gasteiger partial charge is 0.878 e. The van der Waals surface area contributed by atoms with Gasteiger partial charge in [0.15, 0.2) is 17.3 Å². The van der Waals surface area contributed by atoms with Crippen LogP contribution in [0, 0.1) is 0 Å². The molecule has 0 aliphatic rings. The van der Waals surface area contributed by atoms with E-state index in [0.29, 0.717) is 23.3 Å². The Morgan fingerprint density at radius 2 is 1.88 bits per heavy atom. The van der Waals surface area contributed by atoms with Gasteiger partial charge in [0.05, 0.1) is 14.2 Å². The predicted molar refractivity (Wildman–Crippen MR) is 53.0 cm³/mol. The van der Waals surface area contributed by atoms with Gasteiger partial charge in [0.2, 0.25) is 0 Å². The molecular formula is C11H11NaO4. The summed E-state index contributed by atoms with van der Waals surface area (Å²) in [6.45, 7) is 0. The summed E-state index contributed by atoms with van der Waals surface area (Å²) in [7, 11) is 2.99. The van der Waals surface area contributed by atoms with Crippen molar-refractivity contribution in [2.45, 2.75) is 0 Å². The van der Waals surface area contributed by atoms with Crippen LogP contribution in [0.25, 0.3) is 0 Å². The molecule has 0 saturated heterocycles. The van der Waals surface area contributed by atoms with Crippen molar-refractivity contribution in [2.24, 2.45) is 0 Å². The van der Waals surface area contributed by atoms with Crippen molar-refractivity contribution in [2.75, 3.05) is 14.2 Å². The molecule has 0 radical (unpaired) electrons. The average molecular weight is 230 g/mol. The van der Waals surface area contributed by atoms with Crippen LogP contribution < -0.4 is 44.1 Å².